The Bertz CT molecular complexity index is 1220. The number of rotatable bonds is 2. The van der Waals surface area contributed by atoms with Crippen LogP contribution in [0.15, 0.2) is 78.3 Å². The summed E-state index contributed by atoms with van der Waals surface area (Å²) in [6, 6.07) is 18.1. The smallest absolute Gasteiger partial charge is 0.318 e. The van der Waals surface area contributed by atoms with Gasteiger partial charge >= 0.3 is 6.03 Å². The molecule has 1 N–H and O–H groups in total. The van der Waals surface area contributed by atoms with Crippen molar-refractivity contribution in [2.45, 2.75) is 12.6 Å². The van der Waals surface area contributed by atoms with Crippen molar-refractivity contribution in [3.8, 4) is 5.69 Å². The molecule has 30 heavy (non-hydrogen) atoms. The highest BCUT2D eigenvalue weighted by Crippen LogP contribution is 2.38. The molecule has 3 heterocycles. The van der Waals surface area contributed by atoms with Gasteiger partial charge in [-0.2, -0.15) is 0 Å². The number of carbonyl (C=O) groups is 1. The molecule has 2 amide bonds. The molecule has 5 rings (SSSR count). The highest BCUT2D eigenvalue weighted by atomic mass is 32.1. The normalized spacial score (nSPS) is 15.3. The largest absolute Gasteiger partial charge is 0.323 e. The van der Waals surface area contributed by atoms with Crippen molar-refractivity contribution >= 4 is 23.1 Å². The van der Waals surface area contributed by atoms with Crippen molar-refractivity contribution in [3.05, 3.63) is 106 Å². The number of hydrogen-bond donors (Lipinski definition) is 1. The maximum absolute atomic E-state index is 14.2. The first-order chi connectivity index (χ1) is 14.6. The van der Waals surface area contributed by atoms with Crippen LogP contribution in [0.4, 0.5) is 19.3 Å². The van der Waals surface area contributed by atoms with Gasteiger partial charge in [-0.3, -0.25) is 0 Å². The van der Waals surface area contributed by atoms with E-state index in [4.69, 9.17) is 0 Å². The van der Waals surface area contributed by atoms with Gasteiger partial charge in [-0.15, -0.1) is 11.3 Å². The van der Waals surface area contributed by atoms with Gasteiger partial charge in [0, 0.05) is 17.1 Å². The van der Waals surface area contributed by atoms with Crippen LogP contribution in [0.2, 0.25) is 0 Å². The second-order valence-electron chi connectivity index (χ2n) is 7.03. The van der Waals surface area contributed by atoms with Crippen LogP contribution >= 0.6 is 11.3 Å². The standard InChI is InChI=1S/C23H17F2N3OS/c24-16-9-10-18(17(25)13-16)26-23(29)28-14-15-5-1-2-6-19(15)27-11-3-7-20(27)22(28)21-8-4-12-30-21/h1-13,22H,14H2,(H,26,29)/t22-/m1/s1. The number of hydrogen-bond acceptors (Lipinski definition) is 2. The second kappa shape index (κ2) is 7.42. The molecule has 0 fully saturated rings. The van der Waals surface area contributed by atoms with Crippen molar-refractivity contribution in [2.24, 2.45) is 0 Å². The third kappa shape index (κ3) is 3.17. The zero-order chi connectivity index (χ0) is 20.7. The first kappa shape index (κ1) is 18.6. The maximum atomic E-state index is 14.2. The summed E-state index contributed by atoms with van der Waals surface area (Å²) in [4.78, 5) is 16.0. The number of thiophene rings is 1. The van der Waals surface area contributed by atoms with Crippen LogP contribution < -0.4 is 5.32 Å². The molecule has 0 saturated heterocycles. The number of fused-ring (bicyclic) bond motifs is 3. The predicted molar refractivity (Wildman–Crippen MR) is 113 cm³/mol. The summed E-state index contributed by atoms with van der Waals surface area (Å²) in [7, 11) is 0. The lowest BCUT2D eigenvalue weighted by atomic mass is 10.1. The Hall–Kier alpha value is -3.45. The summed E-state index contributed by atoms with van der Waals surface area (Å²) in [5, 5.41) is 4.59. The predicted octanol–water partition coefficient (Wildman–Crippen LogP) is 5.95. The Morgan fingerprint density at radius 1 is 1.03 bits per heavy atom. The molecule has 0 saturated carbocycles. The van der Waals surface area contributed by atoms with Crippen molar-refractivity contribution in [3.63, 3.8) is 0 Å². The minimum Gasteiger partial charge on any atom is -0.318 e. The van der Waals surface area contributed by atoms with E-state index in [1.165, 1.54) is 6.07 Å². The SMILES string of the molecule is O=C(Nc1ccc(F)cc1F)N1Cc2ccccc2-n2cccc2[C@@H]1c1cccs1. The van der Waals surface area contributed by atoms with Crippen LogP contribution in [0.3, 0.4) is 0 Å². The third-order valence-electron chi connectivity index (χ3n) is 5.21. The minimum atomic E-state index is -0.811. The van der Waals surface area contributed by atoms with Gasteiger partial charge in [0.1, 0.15) is 17.7 Å². The van der Waals surface area contributed by atoms with Crippen molar-refractivity contribution < 1.29 is 13.6 Å². The molecular formula is C23H17F2N3OS. The lowest BCUT2D eigenvalue weighted by Crippen LogP contribution is -2.37. The van der Waals surface area contributed by atoms with Gasteiger partial charge in [-0.05, 0) is 47.3 Å². The molecule has 1 aliphatic rings. The third-order valence-corrected chi connectivity index (χ3v) is 6.13. The first-order valence-electron chi connectivity index (χ1n) is 9.43. The fourth-order valence-electron chi connectivity index (χ4n) is 3.86. The Morgan fingerprint density at radius 3 is 2.70 bits per heavy atom. The number of nitrogens with zero attached hydrogens (tertiary/aromatic N) is 2. The maximum Gasteiger partial charge on any atom is 0.323 e. The molecule has 0 spiro atoms. The summed E-state index contributed by atoms with van der Waals surface area (Å²) < 4.78 is 29.5. The number of benzene rings is 2. The first-order valence-corrected chi connectivity index (χ1v) is 10.3. The van der Waals surface area contributed by atoms with Crippen molar-refractivity contribution in [1.82, 2.24) is 9.47 Å². The van der Waals surface area contributed by atoms with Crippen molar-refractivity contribution in [2.75, 3.05) is 5.32 Å². The van der Waals surface area contributed by atoms with E-state index in [0.717, 1.165) is 34.0 Å². The summed E-state index contributed by atoms with van der Waals surface area (Å²) in [5.74, 6) is -1.50. The number of urea groups is 1. The molecule has 0 bridgehead atoms. The van der Waals surface area contributed by atoms with E-state index in [-0.39, 0.29) is 11.7 Å². The van der Waals surface area contributed by atoms with Gasteiger partial charge < -0.3 is 14.8 Å². The van der Waals surface area contributed by atoms with E-state index in [1.54, 1.807) is 16.2 Å². The highest BCUT2D eigenvalue weighted by molar-refractivity contribution is 7.10. The molecule has 7 heteroatoms. The fourth-order valence-corrected chi connectivity index (χ4v) is 4.71. The van der Waals surface area contributed by atoms with Crippen LogP contribution in [-0.2, 0) is 6.54 Å². The van der Waals surface area contributed by atoms with Gasteiger partial charge in [0.25, 0.3) is 0 Å². The van der Waals surface area contributed by atoms with Crippen LogP contribution in [-0.4, -0.2) is 15.5 Å². The van der Waals surface area contributed by atoms with E-state index in [0.29, 0.717) is 6.54 Å². The molecule has 2 aromatic heterocycles. The number of aromatic nitrogens is 1. The molecule has 0 aliphatic carbocycles. The van der Waals surface area contributed by atoms with Gasteiger partial charge in [-0.1, -0.05) is 24.3 Å². The lowest BCUT2D eigenvalue weighted by molar-refractivity contribution is 0.195. The van der Waals surface area contributed by atoms with E-state index >= 15 is 0 Å². The van der Waals surface area contributed by atoms with Gasteiger partial charge in [0.2, 0.25) is 0 Å². The van der Waals surface area contributed by atoms with Crippen LogP contribution in [0.25, 0.3) is 5.69 Å². The van der Waals surface area contributed by atoms with Gasteiger partial charge in [0.05, 0.1) is 23.6 Å². The molecule has 4 nitrogen and oxygen atoms in total. The summed E-state index contributed by atoms with van der Waals surface area (Å²) in [6.45, 7) is 0.342. The lowest BCUT2D eigenvalue weighted by Gasteiger charge is -2.30. The number of anilines is 1. The average Bonchev–Trinajstić information content (AvgIpc) is 3.41. The Balaban J connectivity index is 1.61. The molecular weight excluding hydrogens is 404 g/mol. The second-order valence-corrected chi connectivity index (χ2v) is 8.01. The molecule has 150 valence electrons. The van der Waals surface area contributed by atoms with Crippen LogP contribution in [0, 0.1) is 11.6 Å². The van der Waals surface area contributed by atoms with Gasteiger partial charge in [0.15, 0.2) is 0 Å². The van der Waals surface area contributed by atoms with Crippen molar-refractivity contribution in [1.29, 1.82) is 0 Å². The fraction of sp³-hybridized carbons (Fsp3) is 0.0870. The number of amides is 2. The monoisotopic (exact) mass is 421 g/mol. The molecule has 1 aliphatic heterocycles. The van der Waals surface area contributed by atoms with E-state index in [2.05, 4.69) is 9.88 Å². The van der Waals surface area contributed by atoms with Crippen LogP contribution in [0.5, 0.6) is 0 Å². The quantitative estimate of drug-likeness (QED) is 0.426. The molecule has 0 radical (unpaired) electrons. The Morgan fingerprint density at radius 2 is 1.90 bits per heavy atom. The minimum absolute atomic E-state index is 0.0563. The number of nitrogens with one attached hydrogen (secondary N) is 1. The van der Waals surface area contributed by atoms with E-state index < -0.39 is 17.7 Å². The number of halogens is 2. The zero-order valence-electron chi connectivity index (χ0n) is 15.8. The zero-order valence-corrected chi connectivity index (χ0v) is 16.6. The van der Waals surface area contributed by atoms with Crippen LogP contribution in [0.1, 0.15) is 22.2 Å². The van der Waals surface area contributed by atoms with E-state index in [1.807, 2.05) is 60.1 Å². The number of carbonyl (C=O) groups excluding carboxylic acids is 1. The average molecular weight is 421 g/mol. The molecule has 2 aromatic carbocycles. The van der Waals surface area contributed by atoms with Gasteiger partial charge in [-0.25, -0.2) is 13.6 Å². The Kier molecular flexibility index (Phi) is 4.59. The number of para-hydroxylation sites is 1. The molecule has 4 aromatic rings. The summed E-state index contributed by atoms with van der Waals surface area (Å²) >= 11 is 1.56. The van der Waals surface area contributed by atoms with E-state index in [9.17, 15) is 13.6 Å². The highest BCUT2D eigenvalue weighted by Gasteiger charge is 2.33. The summed E-state index contributed by atoms with van der Waals surface area (Å²) in [6.07, 6.45) is 1.98. The molecule has 1 atom stereocenters. The molecule has 0 unspecified atom stereocenters. The summed E-state index contributed by atoms with van der Waals surface area (Å²) in [5.41, 5.74) is 2.86. The topological polar surface area (TPSA) is 37.3 Å². The Labute approximate surface area is 176 Å².